The Labute approximate surface area is 37.4 Å². The van der Waals surface area contributed by atoms with Crippen LogP contribution in [0.1, 0.15) is 6.42 Å². The summed E-state index contributed by atoms with van der Waals surface area (Å²) in [5, 5.41) is 2.94. The van der Waals surface area contributed by atoms with Crippen molar-refractivity contribution < 1.29 is 0 Å². The Morgan fingerprint density at radius 2 is 2.67 bits per heavy atom. The largest absolute Gasteiger partial charge is 0.366 e. The van der Waals surface area contributed by atoms with Gasteiger partial charge >= 0.3 is 0 Å². The molecule has 1 heteroatoms. The third-order valence-electron chi connectivity index (χ3n) is 0.770. The lowest BCUT2D eigenvalue weighted by atomic mass is 10.4. The average molecular weight is 81.1 g/mol. The highest BCUT2D eigenvalue weighted by Gasteiger charge is 1.89. The Kier molecular flexibility index (Phi) is 0.675. The Hall–Kier alpha value is -0.720. The molecule has 0 aromatic carbocycles. The standard InChI is InChI=1S/C5H7N/c1-5-3-2-4-6-5/h2,4,6H,1,3H2. The van der Waals surface area contributed by atoms with Gasteiger partial charge in [0.05, 0.1) is 0 Å². The molecule has 1 N–H and O–H groups in total. The van der Waals surface area contributed by atoms with Gasteiger partial charge in [0.15, 0.2) is 0 Å². The number of nitrogens with one attached hydrogen (secondary N) is 1. The zero-order chi connectivity index (χ0) is 4.41. The molecule has 0 saturated carbocycles. The minimum absolute atomic E-state index is 1.00. The third-order valence-corrected chi connectivity index (χ3v) is 0.770. The van der Waals surface area contributed by atoms with Gasteiger partial charge in [0.1, 0.15) is 0 Å². The van der Waals surface area contributed by atoms with Crippen LogP contribution in [-0.2, 0) is 0 Å². The summed E-state index contributed by atoms with van der Waals surface area (Å²) < 4.78 is 0. The molecule has 0 unspecified atom stereocenters. The van der Waals surface area contributed by atoms with Crippen LogP contribution >= 0.6 is 0 Å². The van der Waals surface area contributed by atoms with Crippen molar-refractivity contribution in [2.24, 2.45) is 0 Å². The molecule has 0 aliphatic carbocycles. The van der Waals surface area contributed by atoms with E-state index in [0.717, 1.165) is 12.1 Å². The number of rotatable bonds is 0. The fourth-order valence-electron chi connectivity index (χ4n) is 0.437. The number of allylic oxidation sites excluding steroid dienone is 1. The molecule has 0 aromatic heterocycles. The van der Waals surface area contributed by atoms with Crippen LogP contribution in [-0.4, -0.2) is 0 Å². The van der Waals surface area contributed by atoms with Crippen molar-refractivity contribution >= 4 is 0 Å². The lowest BCUT2D eigenvalue weighted by Gasteiger charge is -1.86. The molecule has 0 spiro atoms. The second-order valence-corrected chi connectivity index (χ2v) is 1.35. The van der Waals surface area contributed by atoms with Crippen LogP contribution < -0.4 is 5.32 Å². The Bertz CT molecular complexity index is 82.1. The molecule has 6 heavy (non-hydrogen) atoms. The summed E-state index contributed by atoms with van der Waals surface area (Å²) in [4.78, 5) is 0. The summed E-state index contributed by atoms with van der Waals surface area (Å²) in [7, 11) is 0. The van der Waals surface area contributed by atoms with Crippen molar-refractivity contribution in [2.75, 3.05) is 0 Å². The van der Waals surface area contributed by atoms with E-state index in [1.54, 1.807) is 0 Å². The molecule has 0 aromatic rings. The van der Waals surface area contributed by atoms with E-state index >= 15 is 0 Å². The third kappa shape index (κ3) is 0.432. The zero-order valence-corrected chi connectivity index (χ0v) is 3.57. The lowest BCUT2D eigenvalue weighted by molar-refractivity contribution is 1.08. The van der Waals surface area contributed by atoms with Gasteiger partial charge in [-0.05, 0) is 6.20 Å². The first-order chi connectivity index (χ1) is 2.89. The molecule has 0 atom stereocenters. The van der Waals surface area contributed by atoms with E-state index < -0.39 is 0 Å². The van der Waals surface area contributed by atoms with Gasteiger partial charge in [0.25, 0.3) is 0 Å². The molecule has 0 saturated heterocycles. The van der Waals surface area contributed by atoms with Crippen LogP contribution in [0.15, 0.2) is 24.6 Å². The predicted octanol–water partition coefficient (Wildman–Crippen LogP) is 1.01. The van der Waals surface area contributed by atoms with E-state index in [1.807, 2.05) is 12.3 Å². The molecule has 0 fully saturated rings. The molecule has 1 rings (SSSR count). The molecular weight excluding hydrogens is 74.1 g/mol. The molecule has 32 valence electrons. The van der Waals surface area contributed by atoms with Gasteiger partial charge in [-0.25, -0.2) is 0 Å². The second-order valence-electron chi connectivity index (χ2n) is 1.35. The molecule has 1 heterocycles. The Morgan fingerprint density at radius 1 is 1.83 bits per heavy atom. The van der Waals surface area contributed by atoms with Crippen molar-refractivity contribution in [3.63, 3.8) is 0 Å². The maximum absolute atomic E-state index is 3.68. The van der Waals surface area contributed by atoms with Crippen LogP contribution in [0.5, 0.6) is 0 Å². The van der Waals surface area contributed by atoms with Crippen LogP contribution in [0.25, 0.3) is 0 Å². The van der Waals surface area contributed by atoms with Crippen molar-refractivity contribution in [2.45, 2.75) is 6.42 Å². The van der Waals surface area contributed by atoms with Gasteiger partial charge in [0.2, 0.25) is 0 Å². The first kappa shape index (κ1) is 3.47. The van der Waals surface area contributed by atoms with E-state index in [0.29, 0.717) is 0 Å². The minimum Gasteiger partial charge on any atom is -0.366 e. The normalized spacial score (nSPS) is 18.3. The highest BCUT2D eigenvalue weighted by molar-refractivity contribution is 5.09. The monoisotopic (exact) mass is 81.1 g/mol. The molecule has 1 aliphatic heterocycles. The fourth-order valence-corrected chi connectivity index (χ4v) is 0.437. The number of hydrogen-bond donors (Lipinski definition) is 1. The summed E-state index contributed by atoms with van der Waals surface area (Å²) in [5.74, 6) is 0. The summed E-state index contributed by atoms with van der Waals surface area (Å²) in [6.45, 7) is 3.68. The first-order valence-corrected chi connectivity index (χ1v) is 1.99. The molecule has 1 aliphatic rings. The van der Waals surface area contributed by atoms with Gasteiger partial charge in [-0.1, -0.05) is 12.7 Å². The SMILES string of the molecule is C=C1CC=CN1. The highest BCUT2D eigenvalue weighted by Crippen LogP contribution is 1.99. The summed E-state index contributed by atoms with van der Waals surface area (Å²) in [5.41, 5.74) is 1.09. The molecular formula is C5H7N. The van der Waals surface area contributed by atoms with Crippen LogP contribution in [0.3, 0.4) is 0 Å². The van der Waals surface area contributed by atoms with Gasteiger partial charge < -0.3 is 5.32 Å². The quantitative estimate of drug-likeness (QED) is 0.459. The lowest BCUT2D eigenvalue weighted by Crippen LogP contribution is -1.93. The second kappa shape index (κ2) is 1.17. The Balaban J connectivity index is 2.52. The van der Waals surface area contributed by atoms with Crippen LogP contribution in [0.2, 0.25) is 0 Å². The van der Waals surface area contributed by atoms with E-state index in [9.17, 15) is 0 Å². The highest BCUT2D eigenvalue weighted by atomic mass is 14.9. The molecule has 0 bridgehead atoms. The maximum atomic E-state index is 3.68. The Morgan fingerprint density at radius 3 is 2.83 bits per heavy atom. The van der Waals surface area contributed by atoms with Gasteiger partial charge in [-0.15, -0.1) is 0 Å². The van der Waals surface area contributed by atoms with E-state index in [-0.39, 0.29) is 0 Å². The van der Waals surface area contributed by atoms with Gasteiger partial charge in [-0.2, -0.15) is 0 Å². The van der Waals surface area contributed by atoms with Crippen molar-refractivity contribution in [3.05, 3.63) is 24.6 Å². The smallest absolute Gasteiger partial charge is 0.0112 e. The van der Waals surface area contributed by atoms with Crippen molar-refractivity contribution in [1.29, 1.82) is 0 Å². The van der Waals surface area contributed by atoms with Crippen molar-refractivity contribution in [1.82, 2.24) is 5.32 Å². The van der Waals surface area contributed by atoms with E-state index in [2.05, 4.69) is 11.9 Å². The summed E-state index contributed by atoms with van der Waals surface area (Å²) in [6, 6.07) is 0. The van der Waals surface area contributed by atoms with Crippen LogP contribution in [0, 0.1) is 0 Å². The van der Waals surface area contributed by atoms with Crippen molar-refractivity contribution in [3.8, 4) is 0 Å². The molecule has 0 radical (unpaired) electrons. The molecule has 0 amide bonds. The summed E-state index contributed by atoms with van der Waals surface area (Å²) in [6.07, 6.45) is 4.95. The molecule has 1 nitrogen and oxygen atoms in total. The predicted molar refractivity (Wildman–Crippen MR) is 26.0 cm³/mol. The maximum Gasteiger partial charge on any atom is 0.0112 e. The van der Waals surface area contributed by atoms with E-state index in [1.165, 1.54) is 0 Å². The van der Waals surface area contributed by atoms with Crippen LogP contribution in [0.4, 0.5) is 0 Å². The average Bonchev–Trinajstić information content (AvgIpc) is 1.86. The summed E-state index contributed by atoms with van der Waals surface area (Å²) >= 11 is 0. The number of hydrogen-bond acceptors (Lipinski definition) is 1. The van der Waals surface area contributed by atoms with E-state index in [4.69, 9.17) is 0 Å². The fraction of sp³-hybridized carbons (Fsp3) is 0.200. The van der Waals surface area contributed by atoms with Gasteiger partial charge in [0, 0.05) is 12.1 Å². The van der Waals surface area contributed by atoms with Gasteiger partial charge in [-0.3, -0.25) is 0 Å². The minimum atomic E-state index is 1.00. The zero-order valence-electron chi connectivity index (χ0n) is 3.57. The first-order valence-electron chi connectivity index (χ1n) is 1.99. The topological polar surface area (TPSA) is 12.0 Å².